The highest BCUT2D eigenvalue weighted by molar-refractivity contribution is 5.94. The molecule has 2 saturated heterocycles. The van der Waals surface area contributed by atoms with Gasteiger partial charge in [0.15, 0.2) is 0 Å². The highest BCUT2D eigenvalue weighted by Gasteiger charge is 2.44. The van der Waals surface area contributed by atoms with Crippen LogP contribution >= 0.6 is 0 Å². The van der Waals surface area contributed by atoms with E-state index in [1.54, 1.807) is 18.6 Å². The number of aromatic nitrogens is 1. The molecule has 2 aliphatic rings. The largest absolute Gasteiger partial charge is 0.472 e. The maximum Gasteiger partial charge on any atom is 0.257 e. The van der Waals surface area contributed by atoms with E-state index in [1.165, 1.54) is 5.56 Å². The summed E-state index contributed by atoms with van der Waals surface area (Å²) in [5.41, 5.74) is 2.86. The summed E-state index contributed by atoms with van der Waals surface area (Å²) in [5, 5.41) is 4.08. The number of rotatable bonds is 3. The van der Waals surface area contributed by atoms with Crippen LogP contribution < -0.4 is 0 Å². The van der Waals surface area contributed by atoms with Gasteiger partial charge in [0.1, 0.15) is 12.0 Å². The van der Waals surface area contributed by atoms with Crippen molar-refractivity contribution in [3.63, 3.8) is 0 Å². The maximum atomic E-state index is 13.0. The maximum absolute atomic E-state index is 13.0. The molecule has 2 aromatic rings. The van der Waals surface area contributed by atoms with Gasteiger partial charge in [0.2, 0.25) is 0 Å². The van der Waals surface area contributed by atoms with Crippen molar-refractivity contribution in [1.29, 1.82) is 0 Å². The normalized spacial score (nSPS) is 24.3. The molecular weight excluding hydrogens is 330 g/mol. The summed E-state index contributed by atoms with van der Waals surface area (Å²) in [6.07, 6.45) is 8.56. The fraction of sp³-hybridized carbons (Fsp3) is 0.600. The number of carbonyl (C=O) groups is 1. The van der Waals surface area contributed by atoms with Crippen molar-refractivity contribution >= 4 is 5.91 Å². The van der Waals surface area contributed by atoms with E-state index in [2.05, 4.69) is 15.0 Å². The topological polar surface area (TPSA) is 62.7 Å². The number of nitrogens with zero attached hydrogens (tertiary/aromatic N) is 3. The number of amides is 1. The predicted octanol–water partition coefficient (Wildman–Crippen LogP) is 3.55. The van der Waals surface area contributed by atoms with Crippen molar-refractivity contribution in [2.45, 2.75) is 58.0 Å². The van der Waals surface area contributed by atoms with Crippen LogP contribution in [0.1, 0.15) is 59.5 Å². The summed E-state index contributed by atoms with van der Waals surface area (Å²) in [5.74, 6) is 1.04. The van der Waals surface area contributed by atoms with Gasteiger partial charge in [-0.3, -0.25) is 9.69 Å². The summed E-state index contributed by atoms with van der Waals surface area (Å²) in [6, 6.07) is 1.77. The fourth-order valence-corrected chi connectivity index (χ4v) is 4.66. The molecule has 140 valence electrons. The Labute approximate surface area is 154 Å². The molecule has 26 heavy (non-hydrogen) atoms. The van der Waals surface area contributed by atoms with Crippen LogP contribution in [-0.4, -0.2) is 46.0 Å². The molecule has 0 aromatic carbocycles. The van der Waals surface area contributed by atoms with Crippen molar-refractivity contribution in [2.75, 3.05) is 19.6 Å². The third kappa shape index (κ3) is 3.07. The number of hydrogen-bond donors (Lipinski definition) is 0. The zero-order valence-electron chi connectivity index (χ0n) is 15.7. The van der Waals surface area contributed by atoms with Gasteiger partial charge in [0.05, 0.1) is 17.5 Å². The number of likely N-dealkylation sites (tertiary alicyclic amines) is 2. The highest BCUT2D eigenvalue weighted by Crippen LogP contribution is 2.39. The van der Waals surface area contributed by atoms with Gasteiger partial charge in [-0.25, -0.2) is 0 Å². The Morgan fingerprint density at radius 3 is 2.69 bits per heavy atom. The van der Waals surface area contributed by atoms with Gasteiger partial charge in [-0.05, 0) is 58.6 Å². The van der Waals surface area contributed by atoms with Gasteiger partial charge in [0, 0.05) is 30.7 Å². The first-order valence-electron chi connectivity index (χ1n) is 9.57. The monoisotopic (exact) mass is 357 g/mol. The smallest absolute Gasteiger partial charge is 0.257 e. The van der Waals surface area contributed by atoms with Crippen LogP contribution in [0.4, 0.5) is 0 Å². The van der Waals surface area contributed by atoms with E-state index >= 15 is 0 Å². The Bertz CT molecular complexity index is 748. The van der Waals surface area contributed by atoms with Crippen LogP contribution in [0, 0.1) is 13.8 Å². The second-order valence-corrected chi connectivity index (χ2v) is 7.73. The van der Waals surface area contributed by atoms with Gasteiger partial charge in [-0.15, -0.1) is 0 Å². The second-order valence-electron chi connectivity index (χ2n) is 7.73. The summed E-state index contributed by atoms with van der Waals surface area (Å²) >= 11 is 0. The second kappa shape index (κ2) is 6.91. The van der Waals surface area contributed by atoms with E-state index in [0.29, 0.717) is 5.56 Å². The molecule has 1 amide bonds. The van der Waals surface area contributed by atoms with Crippen LogP contribution in [0.25, 0.3) is 0 Å². The first kappa shape index (κ1) is 17.3. The van der Waals surface area contributed by atoms with Crippen molar-refractivity contribution in [3.05, 3.63) is 41.2 Å². The van der Waals surface area contributed by atoms with E-state index in [-0.39, 0.29) is 11.4 Å². The minimum Gasteiger partial charge on any atom is -0.472 e. The van der Waals surface area contributed by atoms with Gasteiger partial charge < -0.3 is 13.8 Å². The van der Waals surface area contributed by atoms with Crippen LogP contribution in [0.3, 0.4) is 0 Å². The molecule has 6 heteroatoms. The van der Waals surface area contributed by atoms with Gasteiger partial charge >= 0.3 is 0 Å². The molecule has 4 rings (SSSR count). The third-order valence-electron chi connectivity index (χ3n) is 6.18. The lowest BCUT2D eigenvalue weighted by molar-refractivity contribution is 0.0557. The lowest BCUT2D eigenvalue weighted by Gasteiger charge is -2.38. The van der Waals surface area contributed by atoms with E-state index < -0.39 is 0 Å². The van der Waals surface area contributed by atoms with Gasteiger partial charge in [-0.1, -0.05) is 5.16 Å². The van der Waals surface area contributed by atoms with Crippen molar-refractivity contribution in [1.82, 2.24) is 15.0 Å². The van der Waals surface area contributed by atoms with Gasteiger partial charge in [-0.2, -0.15) is 0 Å². The zero-order valence-corrected chi connectivity index (χ0v) is 15.7. The Hall–Kier alpha value is -2.08. The summed E-state index contributed by atoms with van der Waals surface area (Å²) < 4.78 is 10.4. The van der Waals surface area contributed by atoms with Crippen molar-refractivity contribution in [3.8, 4) is 0 Å². The number of hydrogen-bond acceptors (Lipinski definition) is 5. The molecule has 2 fully saturated rings. The first-order valence-corrected chi connectivity index (χ1v) is 9.57. The number of carbonyl (C=O) groups excluding carboxylic acids is 1. The average molecular weight is 357 g/mol. The minimum absolute atomic E-state index is 0.00182. The molecule has 0 radical (unpaired) electrons. The van der Waals surface area contributed by atoms with Crippen molar-refractivity contribution < 1.29 is 13.7 Å². The van der Waals surface area contributed by atoms with Crippen LogP contribution in [0.5, 0.6) is 0 Å². The van der Waals surface area contributed by atoms with E-state index in [4.69, 9.17) is 8.94 Å². The molecule has 0 unspecified atom stereocenters. The molecule has 0 N–H and O–H groups in total. The SMILES string of the molecule is Cc1noc(C)c1CN1CCC[C@]2(CCCN2C(=O)c2ccoc2)CC1. The minimum atomic E-state index is 0.00182. The molecule has 2 aliphatic heterocycles. The van der Waals surface area contributed by atoms with Crippen LogP contribution in [-0.2, 0) is 6.54 Å². The molecule has 4 heterocycles. The van der Waals surface area contributed by atoms with E-state index in [1.807, 2.05) is 13.8 Å². The number of aryl methyl sites for hydroxylation is 2. The lowest BCUT2D eigenvalue weighted by atomic mass is 9.87. The lowest BCUT2D eigenvalue weighted by Crippen LogP contribution is -2.47. The molecule has 1 spiro atoms. The Morgan fingerprint density at radius 2 is 2.00 bits per heavy atom. The van der Waals surface area contributed by atoms with E-state index in [9.17, 15) is 4.79 Å². The van der Waals surface area contributed by atoms with Gasteiger partial charge in [0.25, 0.3) is 5.91 Å². The highest BCUT2D eigenvalue weighted by atomic mass is 16.5. The standard InChI is InChI=1S/C20H27N3O3/c1-15-18(16(2)26-21-15)13-22-9-3-6-20(8-11-22)7-4-10-23(20)19(24)17-5-12-25-14-17/h5,12,14H,3-4,6-11,13H2,1-2H3/t20-/m0/s1. The van der Waals surface area contributed by atoms with E-state index in [0.717, 1.165) is 69.7 Å². The molecule has 6 nitrogen and oxygen atoms in total. The molecule has 0 aliphatic carbocycles. The Balaban J connectivity index is 1.47. The molecule has 0 bridgehead atoms. The fourth-order valence-electron chi connectivity index (χ4n) is 4.66. The summed E-state index contributed by atoms with van der Waals surface area (Å²) in [6.45, 7) is 7.78. The van der Waals surface area contributed by atoms with Crippen molar-refractivity contribution in [2.24, 2.45) is 0 Å². The summed E-state index contributed by atoms with van der Waals surface area (Å²) in [4.78, 5) is 17.6. The molecule has 2 aromatic heterocycles. The predicted molar refractivity (Wildman–Crippen MR) is 96.8 cm³/mol. The summed E-state index contributed by atoms with van der Waals surface area (Å²) in [7, 11) is 0. The quantitative estimate of drug-likeness (QED) is 0.841. The molecule has 1 atom stereocenters. The average Bonchev–Trinajstić information content (AvgIpc) is 3.33. The number of furan rings is 1. The Kier molecular flexibility index (Phi) is 4.61. The Morgan fingerprint density at radius 1 is 1.19 bits per heavy atom. The molecular formula is C20H27N3O3. The molecule has 0 saturated carbocycles. The first-order chi connectivity index (χ1) is 12.6. The van der Waals surface area contributed by atoms with Crippen LogP contribution in [0.2, 0.25) is 0 Å². The zero-order chi connectivity index (χ0) is 18.1. The van der Waals surface area contributed by atoms with Crippen LogP contribution in [0.15, 0.2) is 27.5 Å². The third-order valence-corrected chi connectivity index (χ3v) is 6.18.